The fraction of sp³-hybridized carbons (Fsp3) is 0.786. The molecule has 0 saturated carbocycles. The van der Waals surface area contributed by atoms with Crippen molar-refractivity contribution in [3.05, 3.63) is 0 Å². The molecule has 0 fully saturated rings. The van der Waals surface area contributed by atoms with Gasteiger partial charge in [0.15, 0.2) is 0 Å². The van der Waals surface area contributed by atoms with E-state index in [1.165, 1.54) is 30.1 Å². The third-order valence-electron chi connectivity index (χ3n) is 1.46. The Labute approximate surface area is 141 Å². The Morgan fingerprint density at radius 3 is 1.29 bits per heavy atom. The molecule has 0 unspecified atom stereocenters. The number of carbonyl (C=O) groups is 3. The van der Waals surface area contributed by atoms with E-state index < -0.39 is 17.9 Å². The predicted molar refractivity (Wildman–Crippen MR) is 75.9 cm³/mol. The molecular formula is C14H26O6Sn. The molecule has 0 saturated heterocycles. The quantitative estimate of drug-likeness (QED) is 0.427. The van der Waals surface area contributed by atoms with Gasteiger partial charge in [0.05, 0.1) is 0 Å². The van der Waals surface area contributed by atoms with E-state index in [9.17, 15) is 0 Å². The summed E-state index contributed by atoms with van der Waals surface area (Å²) >= 11 is 1.70. The van der Waals surface area contributed by atoms with Crippen LogP contribution in [0.4, 0.5) is 0 Å². The van der Waals surface area contributed by atoms with Crippen LogP contribution in [0.15, 0.2) is 0 Å². The summed E-state index contributed by atoms with van der Waals surface area (Å²) < 4.78 is 1.45. The molecule has 0 aliphatic carbocycles. The number of carboxylic acids is 3. The van der Waals surface area contributed by atoms with Crippen molar-refractivity contribution in [2.24, 2.45) is 5.92 Å². The first-order chi connectivity index (χ1) is 9.47. The number of aliphatic carboxylic acids is 3. The van der Waals surface area contributed by atoms with Gasteiger partial charge in [0.1, 0.15) is 0 Å². The predicted octanol–water partition coefficient (Wildman–Crippen LogP) is -0.942. The van der Waals surface area contributed by atoms with Crippen molar-refractivity contribution >= 4 is 40.4 Å². The summed E-state index contributed by atoms with van der Waals surface area (Å²) in [6, 6.07) is 0. The molecule has 6 nitrogen and oxygen atoms in total. The Bertz CT molecular complexity index is 213. The molecule has 0 rings (SSSR count). The van der Waals surface area contributed by atoms with Crippen LogP contribution in [0.1, 0.15) is 60.3 Å². The summed E-state index contributed by atoms with van der Waals surface area (Å²) in [4.78, 5) is 26.7. The first-order valence-corrected chi connectivity index (χ1v) is 8.66. The SMILES string of the molecule is CC(=O)[O-].CC(=O)[O-].CC(=O)[O-].CC(C)CCCC[CH2][Sn+3]. The number of carboxylic acid groups (broad SMARTS) is 3. The Morgan fingerprint density at radius 2 is 1.10 bits per heavy atom. The number of hydrogen-bond acceptors (Lipinski definition) is 6. The van der Waals surface area contributed by atoms with Crippen molar-refractivity contribution in [1.82, 2.24) is 0 Å². The standard InChI is InChI=1S/C8H17.3C2H4O2.Sn/c1-4-5-6-7-8(2)3;3*1-2(3)4;/h8H,1,4-7H2,2-3H3;3*1H3,(H,3,4);/q;;;;+3/p-3. The molecule has 122 valence electrons. The topological polar surface area (TPSA) is 120 Å². The summed E-state index contributed by atoms with van der Waals surface area (Å²) in [5.41, 5.74) is 0. The molecule has 0 N–H and O–H groups in total. The molecule has 0 atom stereocenters. The second kappa shape index (κ2) is 24.2. The average molecular weight is 409 g/mol. The third kappa shape index (κ3) is 210. The van der Waals surface area contributed by atoms with Gasteiger partial charge in [-0.25, -0.2) is 0 Å². The molecule has 0 bridgehead atoms. The first kappa shape index (κ1) is 28.4. The van der Waals surface area contributed by atoms with Crippen LogP contribution in [0.5, 0.6) is 0 Å². The van der Waals surface area contributed by atoms with Crippen LogP contribution in [0, 0.1) is 5.92 Å². The fourth-order valence-electron chi connectivity index (χ4n) is 0.854. The molecule has 0 aliphatic heterocycles. The van der Waals surface area contributed by atoms with Crippen LogP contribution in [0.2, 0.25) is 4.44 Å². The van der Waals surface area contributed by atoms with E-state index >= 15 is 0 Å². The fourth-order valence-corrected chi connectivity index (χ4v) is 1.57. The molecule has 0 heterocycles. The number of rotatable bonds is 5. The van der Waals surface area contributed by atoms with Crippen LogP contribution < -0.4 is 15.3 Å². The summed E-state index contributed by atoms with van der Waals surface area (Å²) in [6.07, 6.45) is 5.80. The zero-order chi connectivity index (χ0) is 17.8. The van der Waals surface area contributed by atoms with Crippen LogP contribution in [-0.2, 0) is 14.4 Å². The molecule has 0 spiro atoms. The van der Waals surface area contributed by atoms with Gasteiger partial charge < -0.3 is 29.7 Å². The molecular weight excluding hydrogens is 383 g/mol. The van der Waals surface area contributed by atoms with Crippen molar-refractivity contribution in [3.63, 3.8) is 0 Å². The van der Waals surface area contributed by atoms with E-state index in [4.69, 9.17) is 29.7 Å². The van der Waals surface area contributed by atoms with Gasteiger partial charge in [0.2, 0.25) is 0 Å². The van der Waals surface area contributed by atoms with Crippen molar-refractivity contribution in [2.45, 2.75) is 64.7 Å². The van der Waals surface area contributed by atoms with Crippen molar-refractivity contribution in [1.29, 1.82) is 0 Å². The Kier molecular flexibility index (Phi) is 32.8. The van der Waals surface area contributed by atoms with Gasteiger partial charge in [0.25, 0.3) is 0 Å². The number of hydrogen-bond donors (Lipinski definition) is 0. The van der Waals surface area contributed by atoms with Gasteiger partial charge in [-0.2, -0.15) is 0 Å². The van der Waals surface area contributed by atoms with Gasteiger partial charge in [0, 0.05) is 17.9 Å². The number of carbonyl (C=O) groups excluding carboxylic acids is 3. The van der Waals surface area contributed by atoms with Crippen molar-refractivity contribution in [2.75, 3.05) is 0 Å². The van der Waals surface area contributed by atoms with Gasteiger partial charge in [-0.1, -0.05) is 0 Å². The number of unbranched alkanes of at least 4 members (excludes halogenated alkanes) is 2. The molecule has 0 aliphatic rings. The van der Waals surface area contributed by atoms with Gasteiger partial charge in [-0.05, 0) is 20.8 Å². The third-order valence-corrected chi connectivity index (χ3v) is 2.47. The monoisotopic (exact) mass is 410 g/mol. The van der Waals surface area contributed by atoms with Crippen LogP contribution in [0.25, 0.3) is 0 Å². The molecule has 0 aromatic rings. The summed E-state index contributed by atoms with van der Waals surface area (Å²) in [5.74, 6) is -2.34. The van der Waals surface area contributed by atoms with Crippen LogP contribution in [0.3, 0.4) is 0 Å². The average Bonchev–Trinajstić information content (AvgIpc) is 2.21. The summed E-state index contributed by atoms with van der Waals surface area (Å²) in [7, 11) is 0. The van der Waals surface area contributed by atoms with Crippen LogP contribution in [-0.4, -0.2) is 40.4 Å². The maximum atomic E-state index is 8.89. The van der Waals surface area contributed by atoms with E-state index in [1.807, 2.05) is 0 Å². The van der Waals surface area contributed by atoms with Crippen LogP contribution >= 0.6 is 0 Å². The molecule has 0 amide bonds. The maximum absolute atomic E-state index is 8.89. The van der Waals surface area contributed by atoms with E-state index in [0.29, 0.717) is 0 Å². The van der Waals surface area contributed by atoms with Crippen molar-refractivity contribution < 1.29 is 29.7 Å². The van der Waals surface area contributed by atoms with E-state index in [-0.39, 0.29) is 0 Å². The van der Waals surface area contributed by atoms with E-state index in [0.717, 1.165) is 26.7 Å². The second-order valence-corrected chi connectivity index (χ2v) is 5.89. The molecule has 0 radical (unpaired) electrons. The minimum absolute atomic E-state index is 0.912. The molecule has 7 heteroatoms. The molecule has 21 heavy (non-hydrogen) atoms. The van der Waals surface area contributed by atoms with Gasteiger partial charge >= 0.3 is 72.4 Å². The van der Waals surface area contributed by atoms with E-state index in [1.54, 1.807) is 22.5 Å². The minimum atomic E-state index is -1.08. The Hall–Kier alpha value is -0.791. The Morgan fingerprint density at radius 1 is 0.810 bits per heavy atom. The normalized spacial score (nSPS) is 8.19. The van der Waals surface area contributed by atoms with Crippen molar-refractivity contribution in [3.8, 4) is 0 Å². The van der Waals surface area contributed by atoms with Gasteiger partial charge in [-0.15, -0.1) is 0 Å². The second-order valence-electron chi connectivity index (χ2n) is 4.47. The summed E-state index contributed by atoms with van der Waals surface area (Å²) in [5, 5.41) is 26.7. The Balaban J connectivity index is -0.000000102. The summed E-state index contributed by atoms with van der Waals surface area (Å²) in [6.45, 7) is 7.52. The zero-order valence-electron chi connectivity index (χ0n) is 13.6. The zero-order valence-corrected chi connectivity index (χ0v) is 16.4. The van der Waals surface area contributed by atoms with E-state index in [2.05, 4.69) is 13.8 Å². The first-order valence-electron chi connectivity index (χ1n) is 6.64. The molecule has 0 aromatic carbocycles. The molecule has 0 aromatic heterocycles. The van der Waals surface area contributed by atoms with Gasteiger partial charge in [-0.3, -0.25) is 0 Å².